The van der Waals surface area contributed by atoms with E-state index in [0.717, 1.165) is 17.8 Å². The molecule has 1 rings (SSSR count). The van der Waals surface area contributed by atoms with Crippen LogP contribution < -0.4 is 4.90 Å². The summed E-state index contributed by atoms with van der Waals surface area (Å²) in [7, 11) is 2.00. The first-order valence-corrected chi connectivity index (χ1v) is 5.53. The van der Waals surface area contributed by atoms with Crippen LogP contribution in [0.15, 0.2) is 18.2 Å². The van der Waals surface area contributed by atoms with Gasteiger partial charge in [-0.2, -0.15) is 0 Å². The summed E-state index contributed by atoms with van der Waals surface area (Å²) in [5, 5.41) is 9.94. The second-order valence-corrected chi connectivity index (χ2v) is 4.59. The normalized spacial score (nSPS) is 10.8. The van der Waals surface area contributed by atoms with Crippen LogP contribution in [0.3, 0.4) is 0 Å². The fraction of sp³-hybridized carbons (Fsp3) is 0.500. The van der Waals surface area contributed by atoms with Crippen molar-refractivity contribution in [2.24, 2.45) is 5.92 Å². The third kappa shape index (κ3) is 3.11. The molecule has 2 nitrogen and oxygen atoms in total. The average molecular weight is 228 g/mol. The van der Waals surface area contributed by atoms with Crippen LogP contribution in [0, 0.1) is 5.92 Å². The standard InChI is InChI=1S/C12H18ClNO/c1-9(2)7-14(3)12-10(8-15)5-4-6-11(12)13/h4-6,9,15H,7-8H2,1-3H3. The van der Waals surface area contributed by atoms with Gasteiger partial charge in [0.2, 0.25) is 0 Å². The molecular formula is C12H18ClNO. The number of aliphatic hydroxyl groups excluding tert-OH is 1. The number of nitrogens with zero attached hydrogens (tertiary/aromatic N) is 1. The zero-order chi connectivity index (χ0) is 11.4. The molecule has 0 radical (unpaired) electrons. The number of anilines is 1. The summed E-state index contributed by atoms with van der Waals surface area (Å²) in [6, 6.07) is 5.62. The van der Waals surface area contributed by atoms with Crippen molar-refractivity contribution in [3.05, 3.63) is 28.8 Å². The molecule has 0 amide bonds. The van der Waals surface area contributed by atoms with Gasteiger partial charge in [0.05, 0.1) is 17.3 Å². The van der Waals surface area contributed by atoms with E-state index in [1.165, 1.54) is 0 Å². The van der Waals surface area contributed by atoms with E-state index in [4.69, 9.17) is 11.6 Å². The molecule has 1 N–H and O–H groups in total. The predicted octanol–water partition coefficient (Wildman–Crippen LogP) is 2.92. The number of halogens is 1. The maximum atomic E-state index is 9.24. The molecule has 0 heterocycles. The quantitative estimate of drug-likeness (QED) is 0.855. The molecule has 15 heavy (non-hydrogen) atoms. The monoisotopic (exact) mass is 227 g/mol. The first-order valence-electron chi connectivity index (χ1n) is 5.15. The van der Waals surface area contributed by atoms with Crippen LogP contribution in [-0.2, 0) is 6.61 Å². The average Bonchev–Trinajstić information content (AvgIpc) is 2.15. The highest BCUT2D eigenvalue weighted by molar-refractivity contribution is 6.33. The molecule has 1 aromatic carbocycles. The van der Waals surface area contributed by atoms with E-state index in [9.17, 15) is 5.11 Å². The van der Waals surface area contributed by atoms with Crippen molar-refractivity contribution in [2.45, 2.75) is 20.5 Å². The number of para-hydroxylation sites is 1. The first-order chi connectivity index (χ1) is 7.06. The minimum absolute atomic E-state index is 0.0261. The minimum atomic E-state index is 0.0261. The summed E-state index contributed by atoms with van der Waals surface area (Å²) < 4.78 is 0. The molecule has 0 spiro atoms. The van der Waals surface area contributed by atoms with Gasteiger partial charge in [-0.15, -0.1) is 0 Å². The zero-order valence-corrected chi connectivity index (χ0v) is 10.3. The maximum absolute atomic E-state index is 9.24. The molecule has 3 heteroatoms. The van der Waals surface area contributed by atoms with Crippen LogP contribution >= 0.6 is 11.6 Å². The molecule has 0 unspecified atom stereocenters. The Balaban J connectivity index is 3.00. The van der Waals surface area contributed by atoms with Gasteiger partial charge in [-0.3, -0.25) is 0 Å². The number of aliphatic hydroxyl groups is 1. The molecule has 0 aromatic heterocycles. The lowest BCUT2D eigenvalue weighted by atomic mass is 10.1. The lowest BCUT2D eigenvalue weighted by Crippen LogP contribution is -2.24. The van der Waals surface area contributed by atoms with Crippen LogP contribution in [0.25, 0.3) is 0 Å². The van der Waals surface area contributed by atoms with E-state index in [-0.39, 0.29) is 6.61 Å². The van der Waals surface area contributed by atoms with Gasteiger partial charge in [-0.25, -0.2) is 0 Å². The van der Waals surface area contributed by atoms with Gasteiger partial charge < -0.3 is 10.0 Å². The Morgan fingerprint density at radius 1 is 1.40 bits per heavy atom. The highest BCUT2D eigenvalue weighted by Crippen LogP contribution is 2.29. The lowest BCUT2D eigenvalue weighted by molar-refractivity contribution is 0.282. The van der Waals surface area contributed by atoms with Gasteiger partial charge >= 0.3 is 0 Å². The molecule has 0 bridgehead atoms. The van der Waals surface area contributed by atoms with Gasteiger partial charge in [0.25, 0.3) is 0 Å². The topological polar surface area (TPSA) is 23.5 Å². The Hall–Kier alpha value is -0.730. The predicted molar refractivity (Wildman–Crippen MR) is 65.5 cm³/mol. The van der Waals surface area contributed by atoms with Crippen LogP contribution in [0.5, 0.6) is 0 Å². The van der Waals surface area contributed by atoms with E-state index in [2.05, 4.69) is 18.7 Å². The molecule has 84 valence electrons. The lowest BCUT2D eigenvalue weighted by Gasteiger charge is -2.24. The summed E-state index contributed by atoms with van der Waals surface area (Å²) in [5.74, 6) is 0.567. The van der Waals surface area contributed by atoms with Gasteiger partial charge in [-0.05, 0) is 12.0 Å². The molecule has 0 saturated carbocycles. The fourth-order valence-electron chi connectivity index (χ4n) is 1.75. The Morgan fingerprint density at radius 2 is 2.07 bits per heavy atom. The number of hydrogen-bond donors (Lipinski definition) is 1. The summed E-state index contributed by atoms with van der Waals surface area (Å²) in [4.78, 5) is 2.10. The van der Waals surface area contributed by atoms with Crippen molar-refractivity contribution < 1.29 is 5.11 Å². The van der Waals surface area contributed by atoms with E-state index >= 15 is 0 Å². The Morgan fingerprint density at radius 3 is 2.60 bits per heavy atom. The molecule has 1 aromatic rings. The largest absolute Gasteiger partial charge is 0.392 e. The number of rotatable bonds is 4. The Kier molecular flexibility index (Phi) is 4.43. The van der Waals surface area contributed by atoms with Crippen molar-refractivity contribution >= 4 is 17.3 Å². The van der Waals surface area contributed by atoms with Gasteiger partial charge in [0.1, 0.15) is 0 Å². The van der Waals surface area contributed by atoms with E-state index in [0.29, 0.717) is 10.9 Å². The molecule has 0 fully saturated rings. The fourth-order valence-corrected chi connectivity index (χ4v) is 2.09. The summed E-state index contributed by atoms with van der Waals surface area (Å²) in [6.45, 7) is 5.27. The Bertz CT molecular complexity index is 325. The molecule has 0 aliphatic heterocycles. The van der Waals surface area contributed by atoms with Crippen LogP contribution in [0.2, 0.25) is 5.02 Å². The van der Waals surface area contributed by atoms with E-state index in [1.54, 1.807) is 0 Å². The molecular weight excluding hydrogens is 210 g/mol. The van der Waals surface area contributed by atoms with Crippen LogP contribution in [-0.4, -0.2) is 18.7 Å². The molecule has 0 saturated heterocycles. The maximum Gasteiger partial charge on any atom is 0.0702 e. The van der Waals surface area contributed by atoms with E-state index < -0.39 is 0 Å². The van der Waals surface area contributed by atoms with Crippen LogP contribution in [0.4, 0.5) is 5.69 Å². The number of hydrogen-bond acceptors (Lipinski definition) is 2. The van der Waals surface area contributed by atoms with Crippen molar-refractivity contribution in [3.63, 3.8) is 0 Å². The summed E-state index contributed by atoms with van der Waals surface area (Å²) in [5.41, 5.74) is 1.82. The minimum Gasteiger partial charge on any atom is -0.392 e. The summed E-state index contributed by atoms with van der Waals surface area (Å²) >= 11 is 6.13. The second-order valence-electron chi connectivity index (χ2n) is 4.18. The van der Waals surface area contributed by atoms with E-state index in [1.807, 2.05) is 25.2 Å². The third-order valence-corrected chi connectivity index (χ3v) is 2.57. The number of benzene rings is 1. The third-order valence-electron chi connectivity index (χ3n) is 2.26. The SMILES string of the molecule is CC(C)CN(C)c1c(Cl)cccc1CO. The van der Waals surface area contributed by atoms with Crippen molar-refractivity contribution in [1.82, 2.24) is 0 Å². The molecule has 0 aliphatic carbocycles. The highest BCUT2D eigenvalue weighted by atomic mass is 35.5. The first kappa shape index (κ1) is 12.3. The van der Waals surface area contributed by atoms with Crippen molar-refractivity contribution in [3.8, 4) is 0 Å². The van der Waals surface area contributed by atoms with Crippen molar-refractivity contribution in [1.29, 1.82) is 0 Å². The van der Waals surface area contributed by atoms with Crippen LogP contribution in [0.1, 0.15) is 19.4 Å². The molecule has 0 atom stereocenters. The highest BCUT2D eigenvalue weighted by Gasteiger charge is 2.11. The van der Waals surface area contributed by atoms with Gasteiger partial charge in [0, 0.05) is 19.2 Å². The van der Waals surface area contributed by atoms with Gasteiger partial charge in [0.15, 0.2) is 0 Å². The molecule has 0 aliphatic rings. The Labute approximate surface area is 96.5 Å². The zero-order valence-electron chi connectivity index (χ0n) is 9.50. The van der Waals surface area contributed by atoms with Gasteiger partial charge in [-0.1, -0.05) is 37.6 Å². The smallest absolute Gasteiger partial charge is 0.0702 e. The summed E-state index contributed by atoms with van der Waals surface area (Å²) in [6.07, 6.45) is 0. The second kappa shape index (κ2) is 5.38. The van der Waals surface area contributed by atoms with Crippen molar-refractivity contribution in [2.75, 3.05) is 18.5 Å².